The molecule has 0 aliphatic carbocycles. The van der Waals surface area contributed by atoms with Gasteiger partial charge in [0.1, 0.15) is 0 Å². The second-order valence-corrected chi connectivity index (χ2v) is 3.35. The highest BCUT2D eigenvalue weighted by Gasteiger charge is 2.10. The zero-order valence-electron chi connectivity index (χ0n) is 9.74. The lowest BCUT2D eigenvalue weighted by Crippen LogP contribution is -2.20. The van der Waals surface area contributed by atoms with Crippen LogP contribution in [-0.4, -0.2) is 23.8 Å². The third-order valence-electron chi connectivity index (χ3n) is 2.02. The number of rotatable bonds is 5. The summed E-state index contributed by atoms with van der Waals surface area (Å²) in [5.41, 5.74) is 1.06. The third kappa shape index (κ3) is 5.13. The summed E-state index contributed by atoms with van der Waals surface area (Å²) in [6.07, 6.45) is 5.45. The highest BCUT2D eigenvalue weighted by atomic mass is 16.5. The lowest BCUT2D eigenvalue weighted by atomic mass is 10.2. The Labute approximate surface area is 101 Å². The minimum atomic E-state index is -1.20. The first kappa shape index (κ1) is 13.2. The summed E-state index contributed by atoms with van der Waals surface area (Å²) in [7, 11) is 0. The van der Waals surface area contributed by atoms with E-state index >= 15 is 0 Å². The topological polar surface area (TPSA) is 46.5 Å². The standard InChI is InChI=1S/C14H16O3/c1-2-17-14(16)13(15)11-7-6-10-12-8-4-3-5-9-12/h3-11,13,15H,2H2,1H3/b10-6+,11-7+/t13-/m0/s1. The maximum Gasteiger partial charge on any atom is 0.339 e. The van der Waals surface area contributed by atoms with Crippen LogP contribution in [0.25, 0.3) is 6.08 Å². The van der Waals surface area contributed by atoms with Crippen LogP contribution in [0.1, 0.15) is 12.5 Å². The Balaban J connectivity index is 2.45. The number of ether oxygens (including phenoxy) is 1. The number of allylic oxidation sites excluding steroid dienone is 2. The molecule has 90 valence electrons. The van der Waals surface area contributed by atoms with E-state index < -0.39 is 12.1 Å². The van der Waals surface area contributed by atoms with Crippen LogP contribution in [0.3, 0.4) is 0 Å². The molecule has 1 aromatic carbocycles. The Hall–Kier alpha value is -1.87. The predicted molar refractivity (Wildman–Crippen MR) is 67.3 cm³/mol. The molecule has 3 heteroatoms. The van der Waals surface area contributed by atoms with E-state index in [1.54, 1.807) is 19.1 Å². The lowest BCUT2D eigenvalue weighted by molar-refractivity contribution is -0.150. The maximum atomic E-state index is 11.1. The number of hydrogen-bond donors (Lipinski definition) is 1. The normalized spacial score (nSPS) is 13.1. The number of esters is 1. The molecule has 0 fully saturated rings. The summed E-state index contributed by atoms with van der Waals surface area (Å²) in [4.78, 5) is 11.1. The molecule has 0 amide bonds. The van der Waals surface area contributed by atoms with Gasteiger partial charge in [-0.25, -0.2) is 4.79 Å². The van der Waals surface area contributed by atoms with Crippen LogP contribution in [0, 0.1) is 0 Å². The van der Waals surface area contributed by atoms with E-state index in [9.17, 15) is 9.90 Å². The average molecular weight is 232 g/mol. The third-order valence-corrected chi connectivity index (χ3v) is 2.02. The largest absolute Gasteiger partial charge is 0.464 e. The van der Waals surface area contributed by atoms with Crippen LogP contribution >= 0.6 is 0 Å². The highest BCUT2D eigenvalue weighted by molar-refractivity contribution is 5.76. The Morgan fingerprint density at radius 1 is 1.35 bits per heavy atom. The fourth-order valence-electron chi connectivity index (χ4n) is 1.21. The van der Waals surface area contributed by atoms with Gasteiger partial charge in [0, 0.05) is 0 Å². The maximum absolute atomic E-state index is 11.1. The molecular weight excluding hydrogens is 216 g/mol. The molecule has 0 radical (unpaired) electrons. The van der Waals surface area contributed by atoms with Crippen LogP contribution in [0.5, 0.6) is 0 Å². The summed E-state index contributed by atoms with van der Waals surface area (Å²) < 4.78 is 4.65. The van der Waals surface area contributed by atoms with Crippen LogP contribution in [0.15, 0.2) is 48.6 Å². The fourth-order valence-corrected chi connectivity index (χ4v) is 1.21. The fraction of sp³-hybridized carbons (Fsp3) is 0.214. The average Bonchev–Trinajstić information content (AvgIpc) is 2.36. The number of carbonyl (C=O) groups is 1. The number of benzene rings is 1. The molecular formula is C14H16O3. The van der Waals surface area contributed by atoms with Gasteiger partial charge < -0.3 is 9.84 Å². The van der Waals surface area contributed by atoms with Gasteiger partial charge in [0.05, 0.1) is 6.61 Å². The van der Waals surface area contributed by atoms with E-state index in [0.717, 1.165) is 5.56 Å². The molecule has 0 spiro atoms. The monoisotopic (exact) mass is 232 g/mol. The molecule has 1 aromatic rings. The summed E-state index contributed by atoms with van der Waals surface area (Å²) in [5, 5.41) is 9.35. The van der Waals surface area contributed by atoms with E-state index in [1.807, 2.05) is 36.4 Å². The Bertz CT molecular complexity index is 393. The highest BCUT2D eigenvalue weighted by Crippen LogP contribution is 2.01. The molecule has 0 saturated carbocycles. The SMILES string of the molecule is CCOC(=O)[C@@H](O)/C=C/C=C/c1ccccc1. The van der Waals surface area contributed by atoms with Gasteiger partial charge in [-0.2, -0.15) is 0 Å². The van der Waals surface area contributed by atoms with Crippen molar-refractivity contribution in [1.82, 2.24) is 0 Å². The van der Waals surface area contributed by atoms with Gasteiger partial charge in [-0.15, -0.1) is 0 Å². The molecule has 0 aromatic heterocycles. The molecule has 0 aliphatic rings. The van der Waals surface area contributed by atoms with E-state index in [1.165, 1.54) is 6.08 Å². The van der Waals surface area contributed by atoms with Crippen LogP contribution in [0.2, 0.25) is 0 Å². The van der Waals surface area contributed by atoms with Crippen molar-refractivity contribution < 1.29 is 14.6 Å². The Morgan fingerprint density at radius 2 is 2.06 bits per heavy atom. The number of aliphatic hydroxyl groups excluding tert-OH is 1. The minimum Gasteiger partial charge on any atom is -0.464 e. The zero-order valence-corrected chi connectivity index (χ0v) is 9.74. The van der Waals surface area contributed by atoms with E-state index in [-0.39, 0.29) is 6.61 Å². The molecule has 1 rings (SSSR count). The summed E-state index contributed by atoms with van der Waals surface area (Å²) in [6, 6.07) is 9.75. The van der Waals surface area contributed by atoms with Gasteiger partial charge in [0.25, 0.3) is 0 Å². The van der Waals surface area contributed by atoms with Crippen LogP contribution < -0.4 is 0 Å². The van der Waals surface area contributed by atoms with E-state index in [0.29, 0.717) is 0 Å². The summed E-state index contributed by atoms with van der Waals surface area (Å²) in [5.74, 6) is -0.628. The molecule has 0 bridgehead atoms. The van der Waals surface area contributed by atoms with Gasteiger partial charge in [0.2, 0.25) is 0 Å². The first-order valence-electron chi connectivity index (χ1n) is 5.48. The lowest BCUT2D eigenvalue weighted by Gasteiger charge is -2.03. The van der Waals surface area contributed by atoms with Gasteiger partial charge in [-0.1, -0.05) is 48.6 Å². The van der Waals surface area contributed by atoms with Gasteiger partial charge in [0.15, 0.2) is 6.10 Å². The number of aliphatic hydroxyl groups is 1. The molecule has 17 heavy (non-hydrogen) atoms. The Morgan fingerprint density at radius 3 is 2.71 bits per heavy atom. The van der Waals surface area contributed by atoms with Crippen molar-refractivity contribution in [2.24, 2.45) is 0 Å². The molecule has 3 nitrogen and oxygen atoms in total. The number of hydrogen-bond acceptors (Lipinski definition) is 3. The Kier molecular flexibility index (Phi) is 5.75. The van der Waals surface area contributed by atoms with Crippen molar-refractivity contribution in [3.8, 4) is 0 Å². The van der Waals surface area contributed by atoms with Gasteiger partial charge >= 0.3 is 5.97 Å². The van der Waals surface area contributed by atoms with Crippen LogP contribution in [0.4, 0.5) is 0 Å². The van der Waals surface area contributed by atoms with Gasteiger partial charge in [-0.3, -0.25) is 0 Å². The summed E-state index contributed by atoms with van der Waals surface area (Å²) in [6.45, 7) is 1.97. The van der Waals surface area contributed by atoms with E-state index in [4.69, 9.17) is 0 Å². The first-order chi connectivity index (χ1) is 8.24. The molecule has 1 atom stereocenters. The van der Waals surface area contributed by atoms with Crippen molar-refractivity contribution in [2.45, 2.75) is 13.0 Å². The minimum absolute atomic E-state index is 0.267. The molecule has 0 aliphatic heterocycles. The second kappa shape index (κ2) is 7.41. The first-order valence-corrected chi connectivity index (χ1v) is 5.48. The molecule has 0 unspecified atom stereocenters. The van der Waals surface area contributed by atoms with Crippen molar-refractivity contribution in [2.75, 3.05) is 6.61 Å². The molecule has 0 heterocycles. The molecule has 1 N–H and O–H groups in total. The second-order valence-electron chi connectivity index (χ2n) is 3.35. The number of carbonyl (C=O) groups excluding carboxylic acids is 1. The molecule has 0 saturated heterocycles. The van der Waals surface area contributed by atoms with Crippen LogP contribution in [-0.2, 0) is 9.53 Å². The van der Waals surface area contributed by atoms with Crippen molar-refractivity contribution in [3.63, 3.8) is 0 Å². The smallest absolute Gasteiger partial charge is 0.339 e. The van der Waals surface area contributed by atoms with Crippen molar-refractivity contribution in [3.05, 3.63) is 54.1 Å². The van der Waals surface area contributed by atoms with E-state index in [2.05, 4.69) is 4.74 Å². The van der Waals surface area contributed by atoms with Crippen molar-refractivity contribution in [1.29, 1.82) is 0 Å². The zero-order chi connectivity index (χ0) is 12.5. The summed E-state index contributed by atoms with van der Waals surface area (Å²) >= 11 is 0. The predicted octanol–water partition coefficient (Wildman–Crippen LogP) is 2.18. The quantitative estimate of drug-likeness (QED) is 0.625. The van der Waals surface area contributed by atoms with Crippen molar-refractivity contribution >= 4 is 12.0 Å². The van der Waals surface area contributed by atoms with Gasteiger partial charge in [-0.05, 0) is 18.6 Å².